The quantitative estimate of drug-likeness (QED) is 0.782. The molecule has 3 heterocycles. The van der Waals surface area contributed by atoms with Gasteiger partial charge in [0.05, 0.1) is 18.6 Å². The molecule has 3 rings (SSSR count). The summed E-state index contributed by atoms with van der Waals surface area (Å²) in [7, 11) is 0. The number of unbranched alkanes of at least 4 members (excludes halogenated alkanes) is 1. The van der Waals surface area contributed by atoms with Crippen LogP contribution in [0.2, 0.25) is 0 Å². The third-order valence-corrected chi connectivity index (χ3v) is 4.76. The highest BCUT2D eigenvalue weighted by molar-refractivity contribution is 5.79. The van der Waals surface area contributed by atoms with Crippen LogP contribution in [-0.2, 0) is 14.4 Å². The molecule has 3 saturated heterocycles. The number of hydrogen-bond donors (Lipinski definition) is 0. The first-order chi connectivity index (χ1) is 9.81. The maximum atomic E-state index is 12.7. The summed E-state index contributed by atoms with van der Waals surface area (Å²) in [6.45, 7) is 6.35. The van der Waals surface area contributed by atoms with Crippen LogP contribution in [-0.4, -0.2) is 60.9 Å². The van der Waals surface area contributed by atoms with E-state index in [2.05, 4.69) is 11.8 Å². The lowest BCUT2D eigenvalue weighted by Gasteiger charge is -2.29. The average molecular weight is 282 g/mol. The molecule has 5 heteroatoms. The number of hydroxylamine groups is 2. The smallest absolute Gasteiger partial charge is 0.253 e. The van der Waals surface area contributed by atoms with Crippen molar-refractivity contribution in [1.82, 2.24) is 9.96 Å². The Morgan fingerprint density at radius 2 is 2.20 bits per heavy atom. The number of hydrogen-bond acceptors (Lipinski definition) is 4. The van der Waals surface area contributed by atoms with Gasteiger partial charge in [-0.25, -0.2) is 5.06 Å². The summed E-state index contributed by atoms with van der Waals surface area (Å²) in [5.41, 5.74) is 0. The zero-order valence-corrected chi connectivity index (χ0v) is 12.4. The lowest BCUT2D eigenvalue weighted by atomic mass is 10.0. The molecule has 1 amide bonds. The standard InChI is InChI=1S/C15H26N2O3/c1-2-3-7-16-11-12(14-13(16)6-10-19-14)15(18)17-8-4-5-9-20-17/h12-14H,2-11H2,1H3/t12-,13+,14+/m0/s1. The van der Waals surface area contributed by atoms with E-state index in [1.165, 1.54) is 12.8 Å². The van der Waals surface area contributed by atoms with Gasteiger partial charge in [-0.05, 0) is 32.2 Å². The number of nitrogens with zero attached hydrogens (tertiary/aromatic N) is 2. The summed E-state index contributed by atoms with van der Waals surface area (Å²) in [6.07, 6.45) is 5.66. The number of ether oxygens (including phenoxy) is 1. The zero-order chi connectivity index (χ0) is 13.9. The maximum absolute atomic E-state index is 12.7. The highest BCUT2D eigenvalue weighted by atomic mass is 16.7. The van der Waals surface area contributed by atoms with Crippen LogP contribution in [0.5, 0.6) is 0 Å². The molecular formula is C15H26N2O3. The summed E-state index contributed by atoms with van der Waals surface area (Å²) >= 11 is 0. The van der Waals surface area contributed by atoms with Crippen molar-refractivity contribution in [3.05, 3.63) is 0 Å². The van der Waals surface area contributed by atoms with Gasteiger partial charge in [0.1, 0.15) is 0 Å². The molecule has 3 atom stereocenters. The summed E-state index contributed by atoms with van der Waals surface area (Å²) in [5, 5.41) is 1.59. The normalized spacial score (nSPS) is 34.5. The van der Waals surface area contributed by atoms with E-state index in [1.807, 2.05) is 0 Å². The van der Waals surface area contributed by atoms with Crippen molar-refractivity contribution in [2.24, 2.45) is 5.92 Å². The molecular weight excluding hydrogens is 256 g/mol. The molecule has 114 valence electrons. The van der Waals surface area contributed by atoms with E-state index in [1.54, 1.807) is 5.06 Å². The van der Waals surface area contributed by atoms with Gasteiger partial charge in [-0.2, -0.15) is 0 Å². The molecule has 0 aliphatic carbocycles. The van der Waals surface area contributed by atoms with Gasteiger partial charge < -0.3 is 4.74 Å². The Kier molecular flexibility index (Phi) is 4.58. The van der Waals surface area contributed by atoms with Crippen molar-refractivity contribution in [2.45, 2.75) is 51.2 Å². The van der Waals surface area contributed by atoms with E-state index in [-0.39, 0.29) is 17.9 Å². The number of carbonyl (C=O) groups is 1. The van der Waals surface area contributed by atoms with Gasteiger partial charge in [-0.1, -0.05) is 13.3 Å². The summed E-state index contributed by atoms with van der Waals surface area (Å²) in [5.74, 6) is 0.109. The molecule has 5 nitrogen and oxygen atoms in total. The van der Waals surface area contributed by atoms with Gasteiger partial charge in [0.25, 0.3) is 5.91 Å². The second-order valence-corrected chi connectivity index (χ2v) is 6.13. The molecule has 0 aromatic carbocycles. The monoisotopic (exact) mass is 282 g/mol. The van der Waals surface area contributed by atoms with Gasteiger partial charge in [0.2, 0.25) is 0 Å². The molecule has 0 spiro atoms. The minimum absolute atomic E-state index is 0.0301. The van der Waals surface area contributed by atoms with E-state index in [9.17, 15) is 4.79 Å². The van der Waals surface area contributed by atoms with Crippen molar-refractivity contribution in [3.8, 4) is 0 Å². The number of likely N-dealkylation sites (tertiary alicyclic amines) is 1. The highest BCUT2D eigenvalue weighted by Crippen LogP contribution is 2.35. The Morgan fingerprint density at radius 3 is 2.95 bits per heavy atom. The van der Waals surface area contributed by atoms with Crippen molar-refractivity contribution >= 4 is 5.91 Å². The molecule has 0 aromatic rings. The van der Waals surface area contributed by atoms with E-state index in [4.69, 9.17) is 9.57 Å². The number of fused-ring (bicyclic) bond motifs is 1. The Morgan fingerprint density at radius 1 is 1.30 bits per heavy atom. The first-order valence-corrected chi connectivity index (χ1v) is 8.11. The predicted molar refractivity (Wildman–Crippen MR) is 75.0 cm³/mol. The first kappa shape index (κ1) is 14.3. The SMILES string of the molecule is CCCCN1C[C@H](C(=O)N2CCCCO2)[C@H]2OCC[C@H]21. The van der Waals surface area contributed by atoms with Crippen LogP contribution >= 0.6 is 0 Å². The zero-order valence-electron chi connectivity index (χ0n) is 12.4. The third-order valence-electron chi connectivity index (χ3n) is 4.76. The average Bonchev–Trinajstić information content (AvgIpc) is 3.08. The number of rotatable bonds is 4. The van der Waals surface area contributed by atoms with Crippen molar-refractivity contribution in [3.63, 3.8) is 0 Å². The van der Waals surface area contributed by atoms with E-state index < -0.39 is 0 Å². The van der Waals surface area contributed by atoms with Gasteiger partial charge >= 0.3 is 0 Å². The third kappa shape index (κ3) is 2.71. The fourth-order valence-electron chi connectivity index (χ4n) is 3.66. The van der Waals surface area contributed by atoms with Gasteiger partial charge in [-0.3, -0.25) is 14.5 Å². The van der Waals surface area contributed by atoms with Crippen molar-refractivity contribution < 1.29 is 14.4 Å². The summed E-state index contributed by atoms with van der Waals surface area (Å²) in [4.78, 5) is 20.6. The second kappa shape index (κ2) is 6.41. The van der Waals surface area contributed by atoms with Crippen LogP contribution in [0.15, 0.2) is 0 Å². The lowest BCUT2D eigenvalue weighted by Crippen LogP contribution is -2.43. The molecule has 0 aromatic heterocycles. The van der Waals surface area contributed by atoms with E-state index in [0.29, 0.717) is 12.6 Å². The van der Waals surface area contributed by atoms with Crippen LogP contribution in [0.25, 0.3) is 0 Å². The van der Waals surface area contributed by atoms with E-state index >= 15 is 0 Å². The second-order valence-electron chi connectivity index (χ2n) is 6.13. The molecule has 0 N–H and O–H groups in total. The van der Waals surface area contributed by atoms with Gasteiger partial charge in [0, 0.05) is 25.7 Å². The van der Waals surface area contributed by atoms with Gasteiger partial charge in [0.15, 0.2) is 0 Å². The van der Waals surface area contributed by atoms with Crippen LogP contribution in [0.4, 0.5) is 0 Å². The number of amides is 1. The molecule has 3 aliphatic heterocycles. The van der Waals surface area contributed by atoms with Crippen molar-refractivity contribution in [2.75, 3.05) is 32.8 Å². The predicted octanol–water partition coefficient (Wildman–Crippen LogP) is 1.43. The maximum Gasteiger partial charge on any atom is 0.253 e. The summed E-state index contributed by atoms with van der Waals surface area (Å²) in [6, 6.07) is 0.445. The molecule has 3 aliphatic rings. The highest BCUT2D eigenvalue weighted by Gasteiger charge is 2.49. The van der Waals surface area contributed by atoms with Crippen LogP contribution < -0.4 is 0 Å². The molecule has 3 fully saturated rings. The number of carbonyl (C=O) groups excluding carboxylic acids is 1. The minimum atomic E-state index is -0.0301. The Balaban J connectivity index is 1.64. The molecule has 0 bridgehead atoms. The molecule has 20 heavy (non-hydrogen) atoms. The Labute approximate surface area is 121 Å². The molecule has 0 unspecified atom stereocenters. The molecule has 0 saturated carbocycles. The van der Waals surface area contributed by atoms with Crippen LogP contribution in [0.1, 0.15) is 39.0 Å². The van der Waals surface area contributed by atoms with Crippen molar-refractivity contribution in [1.29, 1.82) is 0 Å². The summed E-state index contributed by atoms with van der Waals surface area (Å²) < 4.78 is 5.87. The lowest BCUT2D eigenvalue weighted by molar-refractivity contribution is -0.203. The fraction of sp³-hybridized carbons (Fsp3) is 0.933. The largest absolute Gasteiger partial charge is 0.376 e. The van der Waals surface area contributed by atoms with Crippen LogP contribution in [0, 0.1) is 5.92 Å². The molecule has 0 radical (unpaired) electrons. The Bertz CT molecular complexity index is 344. The fourth-order valence-corrected chi connectivity index (χ4v) is 3.66. The Hall–Kier alpha value is -0.650. The van der Waals surface area contributed by atoms with Gasteiger partial charge in [-0.15, -0.1) is 0 Å². The van der Waals surface area contributed by atoms with E-state index in [0.717, 1.165) is 45.5 Å². The minimum Gasteiger partial charge on any atom is -0.376 e. The first-order valence-electron chi connectivity index (χ1n) is 8.11. The topological polar surface area (TPSA) is 42.0 Å². The van der Waals surface area contributed by atoms with Crippen LogP contribution in [0.3, 0.4) is 0 Å².